The zero-order valence-electron chi connectivity index (χ0n) is 10.9. The van der Waals surface area contributed by atoms with Crippen LogP contribution in [-0.2, 0) is 6.54 Å². The fraction of sp³-hybridized carbons (Fsp3) is 0.133. The topological polar surface area (TPSA) is 67.8 Å². The van der Waals surface area contributed by atoms with E-state index in [1.165, 1.54) is 6.07 Å². The van der Waals surface area contributed by atoms with Gasteiger partial charge in [-0.15, -0.1) is 0 Å². The van der Waals surface area contributed by atoms with Crippen molar-refractivity contribution in [1.82, 2.24) is 0 Å². The third kappa shape index (κ3) is 2.87. The lowest BCUT2D eigenvalue weighted by atomic mass is 10.1. The molecule has 3 rings (SSSR count). The van der Waals surface area contributed by atoms with Gasteiger partial charge in [-0.05, 0) is 35.9 Å². The van der Waals surface area contributed by atoms with Gasteiger partial charge in [0.25, 0.3) is 0 Å². The predicted molar refractivity (Wildman–Crippen MR) is 78.3 cm³/mol. The van der Waals surface area contributed by atoms with Crippen LogP contribution in [0.25, 0.3) is 0 Å². The predicted octanol–water partition coefficient (Wildman–Crippen LogP) is 3.38. The van der Waals surface area contributed by atoms with Crippen molar-refractivity contribution in [3.63, 3.8) is 0 Å². The second-order valence-electron chi connectivity index (χ2n) is 4.54. The number of carboxylic acids is 1. The number of carboxylic acid groups (broad SMARTS) is 1. The third-order valence-electron chi connectivity index (χ3n) is 3.13. The van der Waals surface area contributed by atoms with Gasteiger partial charge in [0, 0.05) is 17.3 Å². The third-order valence-corrected chi connectivity index (χ3v) is 3.37. The monoisotopic (exact) mass is 305 g/mol. The molecule has 21 heavy (non-hydrogen) atoms. The Morgan fingerprint density at radius 2 is 2.00 bits per heavy atom. The molecule has 0 radical (unpaired) electrons. The van der Waals surface area contributed by atoms with Crippen molar-refractivity contribution in [2.24, 2.45) is 0 Å². The molecule has 6 heteroatoms. The number of nitrogens with one attached hydrogen (secondary N) is 1. The van der Waals surface area contributed by atoms with E-state index in [2.05, 4.69) is 5.32 Å². The summed E-state index contributed by atoms with van der Waals surface area (Å²) in [6.07, 6.45) is 0. The van der Waals surface area contributed by atoms with Crippen LogP contribution in [0.2, 0.25) is 5.02 Å². The second kappa shape index (κ2) is 5.54. The van der Waals surface area contributed by atoms with Gasteiger partial charge < -0.3 is 19.9 Å². The van der Waals surface area contributed by atoms with Crippen molar-refractivity contribution in [3.8, 4) is 11.5 Å². The zero-order valence-corrected chi connectivity index (χ0v) is 11.7. The van der Waals surface area contributed by atoms with Crippen LogP contribution in [0.4, 0.5) is 5.69 Å². The maximum Gasteiger partial charge on any atom is 0.337 e. The van der Waals surface area contributed by atoms with E-state index >= 15 is 0 Å². The Bertz CT molecular complexity index is 702. The molecule has 2 aromatic carbocycles. The Labute approximate surface area is 126 Å². The summed E-state index contributed by atoms with van der Waals surface area (Å²) in [6, 6.07) is 10.3. The minimum Gasteiger partial charge on any atom is -0.478 e. The van der Waals surface area contributed by atoms with Crippen LogP contribution in [0.15, 0.2) is 36.4 Å². The lowest BCUT2D eigenvalue weighted by Crippen LogP contribution is -2.06. The van der Waals surface area contributed by atoms with Crippen molar-refractivity contribution in [1.29, 1.82) is 0 Å². The van der Waals surface area contributed by atoms with Gasteiger partial charge in [-0.25, -0.2) is 4.79 Å². The molecule has 0 spiro atoms. The van der Waals surface area contributed by atoms with Gasteiger partial charge in [-0.3, -0.25) is 0 Å². The number of anilines is 1. The van der Waals surface area contributed by atoms with Crippen molar-refractivity contribution < 1.29 is 19.4 Å². The lowest BCUT2D eigenvalue weighted by molar-refractivity contribution is 0.0698. The molecule has 2 aromatic rings. The van der Waals surface area contributed by atoms with Crippen molar-refractivity contribution in [2.75, 3.05) is 12.1 Å². The van der Waals surface area contributed by atoms with Crippen LogP contribution in [0, 0.1) is 0 Å². The first-order chi connectivity index (χ1) is 10.1. The molecule has 1 aliphatic rings. The summed E-state index contributed by atoms with van der Waals surface area (Å²) in [5, 5.41) is 12.7. The van der Waals surface area contributed by atoms with Gasteiger partial charge in [0.2, 0.25) is 6.79 Å². The number of ether oxygens (including phenoxy) is 2. The number of benzene rings is 2. The fourth-order valence-electron chi connectivity index (χ4n) is 2.10. The first kappa shape index (κ1) is 13.6. The highest BCUT2D eigenvalue weighted by atomic mass is 35.5. The first-order valence-electron chi connectivity index (χ1n) is 6.29. The second-order valence-corrected chi connectivity index (χ2v) is 4.97. The van der Waals surface area contributed by atoms with Crippen LogP contribution < -0.4 is 14.8 Å². The summed E-state index contributed by atoms with van der Waals surface area (Å²) in [5.41, 5.74) is 1.62. The number of hydrogen-bond acceptors (Lipinski definition) is 4. The van der Waals surface area contributed by atoms with E-state index < -0.39 is 5.97 Å². The summed E-state index contributed by atoms with van der Waals surface area (Å²) in [4.78, 5) is 11.2. The molecule has 1 heterocycles. The van der Waals surface area contributed by atoms with Crippen LogP contribution in [0.1, 0.15) is 15.9 Å². The number of fused-ring (bicyclic) bond motifs is 1. The maximum atomic E-state index is 11.2. The van der Waals surface area contributed by atoms with Crippen LogP contribution in [-0.4, -0.2) is 17.9 Å². The van der Waals surface area contributed by atoms with E-state index in [4.69, 9.17) is 21.1 Å². The fourth-order valence-corrected chi connectivity index (χ4v) is 2.27. The van der Waals surface area contributed by atoms with Gasteiger partial charge in [0.15, 0.2) is 11.5 Å². The number of halogens is 1. The Morgan fingerprint density at radius 3 is 2.81 bits per heavy atom. The SMILES string of the molecule is O=C(O)c1cc(Cl)ccc1NCc1ccc2c(c1)OCO2. The van der Waals surface area contributed by atoms with E-state index in [1.54, 1.807) is 12.1 Å². The highest BCUT2D eigenvalue weighted by Crippen LogP contribution is 2.32. The van der Waals surface area contributed by atoms with E-state index in [-0.39, 0.29) is 12.4 Å². The lowest BCUT2D eigenvalue weighted by Gasteiger charge is -2.10. The highest BCUT2D eigenvalue weighted by Gasteiger charge is 2.14. The number of rotatable bonds is 4. The van der Waals surface area contributed by atoms with Gasteiger partial charge in [0.05, 0.1) is 5.56 Å². The number of aromatic carboxylic acids is 1. The molecule has 108 valence electrons. The van der Waals surface area contributed by atoms with Crippen LogP contribution in [0.5, 0.6) is 11.5 Å². The molecular formula is C15H12ClNO4. The minimum atomic E-state index is -1.02. The van der Waals surface area contributed by atoms with Gasteiger partial charge in [-0.1, -0.05) is 17.7 Å². The first-order valence-corrected chi connectivity index (χ1v) is 6.66. The Balaban J connectivity index is 1.77. The Kier molecular flexibility index (Phi) is 3.58. The Morgan fingerprint density at radius 1 is 1.19 bits per heavy atom. The number of carbonyl (C=O) groups is 1. The molecule has 0 amide bonds. The van der Waals surface area contributed by atoms with Crippen molar-refractivity contribution in [2.45, 2.75) is 6.54 Å². The molecule has 0 unspecified atom stereocenters. The zero-order chi connectivity index (χ0) is 14.8. The Hall–Kier alpha value is -2.40. The summed E-state index contributed by atoms with van der Waals surface area (Å²) in [5.74, 6) is 0.394. The van der Waals surface area contributed by atoms with E-state index in [9.17, 15) is 9.90 Å². The molecule has 0 bridgehead atoms. The quantitative estimate of drug-likeness (QED) is 0.906. The smallest absolute Gasteiger partial charge is 0.337 e. The normalized spacial score (nSPS) is 12.2. The average Bonchev–Trinajstić information content (AvgIpc) is 2.93. The van der Waals surface area contributed by atoms with E-state index in [1.807, 2.05) is 18.2 Å². The highest BCUT2D eigenvalue weighted by molar-refractivity contribution is 6.31. The molecule has 0 saturated heterocycles. The molecule has 0 atom stereocenters. The summed E-state index contributed by atoms with van der Waals surface area (Å²) in [6.45, 7) is 0.700. The standard InChI is InChI=1S/C15H12ClNO4/c16-10-2-3-12(11(6-10)15(18)19)17-7-9-1-4-13-14(5-9)21-8-20-13/h1-6,17H,7-8H2,(H,18,19). The molecule has 5 nitrogen and oxygen atoms in total. The molecular weight excluding hydrogens is 294 g/mol. The largest absolute Gasteiger partial charge is 0.478 e. The maximum absolute atomic E-state index is 11.2. The molecule has 0 saturated carbocycles. The minimum absolute atomic E-state index is 0.142. The van der Waals surface area contributed by atoms with Crippen molar-refractivity contribution in [3.05, 3.63) is 52.5 Å². The van der Waals surface area contributed by atoms with Gasteiger partial charge >= 0.3 is 5.97 Å². The van der Waals surface area contributed by atoms with Gasteiger partial charge in [-0.2, -0.15) is 0 Å². The van der Waals surface area contributed by atoms with Crippen LogP contribution >= 0.6 is 11.6 Å². The molecule has 0 fully saturated rings. The van der Waals surface area contributed by atoms with E-state index in [0.717, 1.165) is 11.3 Å². The van der Waals surface area contributed by atoms with Gasteiger partial charge in [0.1, 0.15) is 0 Å². The van der Waals surface area contributed by atoms with Crippen LogP contribution in [0.3, 0.4) is 0 Å². The summed E-state index contributed by atoms with van der Waals surface area (Å²) >= 11 is 5.82. The molecule has 0 aliphatic carbocycles. The van der Waals surface area contributed by atoms with Crippen molar-refractivity contribution >= 4 is 23.3 Å². The molecule has 1 aliphatic heterocycles. The number of hydrogen-bond donors (Lipinski definition) is 2. The summed E-state index contributed by atoms with van der Waals surface area (Å²) < 4.78 is 10.6. The average molecular weight is 306 g/mol. The molecule has 0 aromatic heterocycles. The summed E-state index contributed by atoms with van der Waals surface area (Å²) in [7, 11) is 0. The molecule has 2 N–H and O–H groups in total. The van der Waals surface area contributed by atoms with E-state index in [0.29, 0.717) is 23.0 Å².